The number of ether oxygens (including phenoxy) is 1. The molecule has 0 radical (unpaired) electrons. The summed E-state index contributed by atoms with van der Waals surface area (Å²) in [6, 6.07) is 22.0. The highest BCUT2D eigenvalue weighted by Gasteiger charge is 2.41. The van der Waals surface area contributed by atoms with Gasteiger partial charge in [0, 0.05) is 34.6 Å². The molecule has 0 saturated heterocycles. The Kier molecular flexibility index (Phi) is 5.93. The average molecular weight is 556 g/mol. The number of imide groups is 1. The molecule has 0 N–H and O–H groups in total. The van der Waals surface area contributed by atoms with Crippen molar-refractivity contribution in [3.8, 4) is 0 Å². The molecule has 2 amide bonds. The minimum atomic E-state index is -1.12. The zero-order valence-electron chi connectivity index (χ0n) is 22.1. The van der Waals surface area contributed by atoms with Gasteiger partial charge in [0.05, 0.1) is 40.0 Å². The van der Waals surface area contributed by atoms with Gasteiger partial charge < -0.3 is 4.74 Å². The van der Waals surface area contributed by atoms with Crippen LogP contribution in [0.15, 0.2) is 85.1 Å². The molecule has 2 aromatic heterocycles. The molecule has 5 aromatic rings. The zero-order chi connectivity index (χ0) is 29.0. The van der Waals surface area contributed by atoms with Crippen LogP contribution in [0.4, 0.5) is 0 Å². The second-order valence-electron chi connectivity index (χ2n) is 10.2. The molecule has 0 saturated carbocycles. The number of ketones is 2. The van der Waals surface area contributed by atoms with Gasteiger partial charge in [-0.3, -0.25) is 29.1 Å². The highest BCUT2D eigenvalue weighted by atomic mass is 16.5. The van der Waals surface area contributed by atoms with E-state index in [-0.39, 0.29) is 53.9 Å². The summed E-state index contributed by atoms with van der Waals surface area (Å²) in [7, 11) is 0. The smallest absolute Gasteiger partial charge is 0.338 e. The van der Waals surface area contributed by atoms with Crippen molar-refractivity contribution in [1.82, 2.24) is 14.9 Å². The van der Waals surface area contributed by atoms with Crippen molar-refractivity contribution in [2.75, 3.05) is 13.2 Å². The third-order valence-electron chi connectivity index (χ3n) is 7.70. The number of esters is 1. The fourth-order valence-corrected chi connectivity index (χ4v) is 5.60. The molecule has 9 heteroatoms. The van der Waals surface area contributed by atoms with E-state index in [0.29, 0.717) is 27.9 Å². The van der Waals surface area contributed by atoms with E-state index < -0.39 is 17.7 Å². The Morgan fingerprint density at radius 3 is 2.19 bits per heavy atom. The molecule has 42 heavy (non-hydrogen) atoms. The van der Waals surface area contributed by atoms with E-state index in [1.807, 2.05) is 30.3 Å². The van der Waals surface area contributed by atoms with Gasteiger partial charge in [-0.15, -0.1) is 0 Å². The summed E-state index contributed by atoms with van der Waals surface area (Å²) in [6.45, 7) is 0.0594. The van der Waals surface area contributed by atoms with Crippen molar-refractivity contribution in [2.24, 2.45) is 0 Å². The molecule has 1 atom stereocenters. The molecule has 7 rings (SSSR count). The summed E-state index contributed by atoms with van der Waals surface area (Å²) in [6.07, 6.45) is 1.92. The van der Waals surface area contributed by atoms with Gasteiger partial charge in [-0.05, 0) is 48.9 Å². The quantitative estimate of drug-likeness (QED) is 0.0964. The SMILES string of the molecule is O=C(OCCCN1C(=O)c2ccccc2C1=O)c1ccc2c(c1)C(=O)C(c1ccc3ccc4cccnc4c3n1)C2=O. The number of amides is 2. The van der Waals surface area contributed by atoms with Crippen LogP contribution in [0, 0.1) is 0 Å². The van der Waals surface area contributed by atoms with E-state index >= 15 is 0 Å². The maximum atomic E-state index is 13.4. The van der Waals surface area contributed by atoms with Crippen LogP contribution < -0.4 is 0 Å². The van der Waals surface area contributed by atoms with Crippen molar-refractivity contribution in [3.05, 3.63) is 119 Å². The molecule has 1 aliphatic carbocycles. The molecule has 9 nitrogen and oxygen atoms in total. The lowest BCUT2D eigenvalue weighted by Gasteiger charge is -2.13. The van der Waals surface area contributed by atoms with E-state index in [1.165, 1.54) is 18.2 Å². The molecule has 0 fully saturated rings. The summed E-state index contributed by atoms with van der Waals surface area (Å²) in [5, 5.41) is 1.74. The molecule has 3 heterocycles. The summed E-state index contributed by atoms with van der Waals surface area (Å²) >= 11 is 0. The van der Waals surface area contributed by atoms with E-state index in [1.54, 1.807) is 36.5 Å². The number of carbonyl (C=O) groups excluding carboxylic acids is 5. The number of pyridine rings is 2. The number of rotatable bonds is 6. The molecule has 0 spiro atoms. The Bertz CT molecular complexity index is 1980. The van der Waals surface area contributed by atoms with Gasteiger partial charge in [0.2, 0.25) is 0 Å². The number of nitrogens with zero attached hydrogens (tertiary/aromatic N) is 3. The first kappa shape index (κ1) is 25.4. The number of benzene rings is 3. The van der Waals surface area contributed by atoms with E-state index in [2.05, 4.69) is 9.97 Å². The fraction of sp³-hybridized carbons (Fsp3) is 0.121. The molecule has 1 aliphatic heterocycles. The predicted molar refractivity (Wildman–Crippen MR) is 152 cm³/mol. The van der Waals surface area contributed by atoms with Crippen LogP contribution in [0.2, 0.25) is 0 Å². The van der Waals surface area contributed by atoms with E-state index in [4.69, 9.17) is 4.74 Å². The van der Waals surface area contributed by atoms with Gasteiger partial charge in [0.15, 0.2) is 11.6 Å². The van der Waals surface area contributed by atoms with Crippen LogP contribution in [0.1, 0.15) is 69.8 Å². The Balaban J connectivity index is 1.05. The van der Waals surface area contributed by atoms with Crippen molar-refractivity contribution < 1.29 is 28.7 Å². The van der Waals surface area contributed by atoms with E-state index in [9.17, 15) is 24.0 Å². The third-order valence-corrected chi connectivity index (χ3v) is 7.70. The van der Waals surface area contributed by atoms with Crippen LogP contribution >= 0.6 is 0 Å². The molecular weight excluding hydrogens is 534 g/mol. The summed E-state index contributed by atoms with van der Waals surface area (Å²) in [4.78, 5) is 74.8. The minimum absolute atomic E-state index is 0.0399. The largest absolute Gasteiger partial charge is 0.462 e. The molecule has 0 bridgehead atoms. The number of hydrogen-bond donors (Lipinski definition) is 0. The lowest BCUT2D eigenvalue weighted by molar-refractivity contribution is 0.0482. The number of Topliss-reactive ketones (excluding diaryl/α,β-unsaturated/α-hetero) is 2. The van der Waals surface area contributed by atoms with Crippen molar-refractivity contribution in [3.63, 3.8) is 0 Å². The van der Waals surface area contributed by atoms with Gasteiger partial charge in [-0.2, -0.15) is 0 Å². The normalized spacial score (nSPS) is 15.9. The Morgan fingerprint density at radius 2 is 1.43 bits per heavy atom. The number of fused-ring (bicyclic) bond motifs is 5. The summed E-state index contributed by atoms with van der Waals surface area (Å²) in [5.74, 6) is -3.35. The maximum absolute atomic E-state index is 13.4. The van der Waals surface area contributed by atoms with Crippen molar-refractivity contribution in [1.29, 1.82) is 0 Å². The monoisotopic (exact) mass is 555 g/mol. The second-order valence-corrected chi connectivity index (χ2v) is 10.2. The van der Waals surface area contributed by atoms with E-state index in [0.717, 1.165) is 15.7 Å². The van der Waals surface area contributed by atoms with Gasteiger partial charge >= 0.3 is 5.97 Å². The second kappa shape index (κ2) is 9.81. The highest BCUT2D eigenvalue weighted by Crippen LogP contribution is 2.35. The lowest BCUT2D eigenvalue weighted by Crippen LogP contribution is -2.31. The predicted octanol–water partition coefficient (Wildman–Crippen LogP) is 4.79. The highest BCUT2D eigenvalue weighted by molar-refractivity contribution is 6.30. The first-order valence-corrected chi connectivity index (χ1v) is 13.4. The van der Waals surface area contributed by atoms with Crippen molar-refractivity contribution in [2.45, 2.75) is 12.3 Å². The molecule has 3 aromatic carbocycles. The van der Waals surface area contributed by atoms with Gasteiger partial charge in [-0.1, -0.05) is 36.4 Å². The van der Waals surface area contributed by atoms with Crippen LogP contribution in [0.3, 0.4) is 0 Å². The summed E-state index contributed by atoms with van der Waals surface area (Å²) in [5.41, 5.74) is 2.82. The lowest BCUT2D eigenvalue weighted by atomic mass is 9.98. The number of hydrogen-bond acceptors (Lipinski definition) is 8. The third kappa shape index (κ3) is 3.97. The zero-order valence-corrected chi connectivity index (χ0v) is 22.1. The maximum Gasteiger partial charge on any atom is 0.338 e. The first-order chi connectivity index (χ1) is 20.4. The van der Waals surface area contributed by atoms with Crippen LogP contribution in [-0.4, -0.2) is 57.4 Å². The van der Waals surface area contributed by atoms with Gasteiger partial charge in [0.25, 0.3) is 11.8 Å². The van der Waals surface area contributed by atoms with Crippen LogP contribution in [0.25, 0.3) is 21.8 Å². The van der Waals surface area contributed by atoms with Gasteiger partial charge in [0.1, 0.15) is 5.92 Å². The van der Waals surface area contributed by atoms with Crippen molar-refractivity contribution >= 4 is 51.2 Å². The Hall–Kier alpha value is -5.57. The van der Waals surface area contributed by atoms with Crippen LogP contribution in [-0.2, 0) is 4.74 Å². The average Bonchev–Trinajstić information content (AvgIpc) is 3.42. The fourth-order valence-electron chi connectivity index (χ4n) is 5.60. The standard InChI is InChI=1S/C33H21N3O6/c37-29-21-12-10-20(33(41)42-16-4-15-36-31(39)22-6-1-2-7-23(22)32(36)40)17-24(21)30(38)26(29)25-13-11-19-9-8-18-5-3-14-34-27(18)28(19)35-25/h1-3,5-14,17,26H,4,15-16H2. The van der Waals surface area contributed by atoms with Gasteiger partial charge in [-0.25, -0.2) is 9.78 Å². The topological polar surface area (TPSA) is 124 Å². The summed E-state index contributed by atoms with van der Waals surface area (Å²) < 4.78 is 5.35. The Labute approximate surface area is 238 Å². The molecule has 204 valence electrons. The first-order valence-electron chi connectivity index (χ1n) is 13.4. The molecule has 1 unspecified atom stereocenters. The molecule has 2 aliphatic rings. The molecular formula is C33H21N3O6. The number of carbonyl (C=O) groups is 5. The van der Waals surface area contributed by atoms with Crippen LogP contribution in [0.5, 0.6) is 0 Å². The Morgan fingerprint density at radius 1 is 0.738 bits per heavy atom. The minimum Gasteiger partial charge on any atom is -0.462 e. The number of aromatic nitrogens is 2.